The molecular formula is C41H30N2O. The van der Waals surface area contributed by atoms with E-state index in [1.54, 1.807) is 0 Å². The topological polar surface area (TPSA) is 21.3 Å². The lowest BCUT2D eigenvalue weighted by Gasteiger charge is -2.42. The second-order valence-corrected chi connectivity index (χ2v) is 12.2. The third kappa shape index (κ3) is 3.50. The summed E-state index contributed by atoms with van der Waals surface area (Å²) in [6, 6.07) is 52.2. The maximum Gasteiger partial charge on any atom is 0.161 e. The summed E-state index contributed by atoms with van der Waals surface area (Å²) in [5.41, 5.74) is 13.7. The Morgan fingerprint density at radius 2 is 1.16 bits per heavy atom. The van der Waals surface area contributed by atoms with Crippen LogP contribution in [0.15, 0.2) is 150 Å². The van der Waals surface area contributed by atoms with Gasteiger partial charge in [0.05, 0.1) is 16.9 Å². The van der Waals surface area contributed by atoms with Gasteiger partial charge in [0.15, 0.2) is 5.58 Å². The van der Waals surface area contributed by atoms with Crippen LogP contribution in [-0.2, 0) is 5.41 Å². The third-order valence-corrected chi connectivity index (χ3v) is 9.37. The second kappa shape index (κ2) is 9.23. The molecule has 0 amide bonds. The molecule has 3 heterocycles. The van der Waals surface area contributed by atoms with Crippen LogP contribution in [0.1, 0.15) is 25.0 Å². The van der Waals surface area contributed by atoms with E-state index in [-0.39, 0.29) is 5.41 Å². The van der Waals surface area contributed by atoms with Crippen molar-refractivity contribution in [3.8, 4) is 16.8 Å². The zero-order chi connectivity index (χ0) is 29.4. The second-order valence-electron chi connectivity index (χ2n) is 12.2. The number of benzene rings is 6. The molecule has 0 bridgehead atoms. The molecule has 2 aromatic heterocycles. The summed E-state index contributed by atoms with van der Waals surface area (Å²) in [5, 5.41) is 2.24. The van der Waals surface area contributed by atoms with Gasteiger partial charge in [-0.05, 0) is 89.0 Å². The first-order valence-electron chi connectivity index (χ1n) is 15.2. The Morgan fingerprint density at radius 1 is 0.523 bits per heavy atom. The van der Waals surface area contributed by atoms with Crippen molar-refractivity contribution in [3.05, 3.63) is 157 Å². The van der Waals surface area contributed by atoms with Crippen molar-refractivity contribution in [1.82, 2.24) is 4.57 Å². The van der Waals surface area contributed by atoms with Crippen molar-refractivity contribution < 1.29 is 4.42 Å². The first-order chi connectivity index (χ1) is 21.6. The predicted molar refractivity (Wildman–Crippen MR) is 183 cm³/mol. The van der Waals surface area contributed by atoms with Crippen LogP contribution in [-0.4, -0.2) is 4.57 Å². The maximum absolute atomic E-state index is 6.56. The van der Waals surface area contributed by atoms with Crippen LogP contribution in [0.4, 0.5) is 17.1 Å². The fourth-order valence-corrected chi connectivity index (χ4v) is 7.23. The molecule has 44 heavy (non-hydrogen) atoms. The molecule has 0 atom stereocenters. The normalized spacial score (nSPS) is 13.8. The van der Waals surface area contributed by atoms with Crippen LogP contribution in [0, 0.1) is 0 Å². The van der Waals surface area contributed by atoms with E-state index in [4.69, 9.17) is 4.42 Å². The summed E-state index contributed by atoms with van der Waals surface area (Å²) in [7, 11) is 0. The fraction of sp³-hybridized carbons (Fsp3) is 0.0732. The van der Waals surface area contributed by atoms with Gasteiger partial charge in [0.1, 0.15) is 11.1 Å². The van der Waals surface area contributed by atoms with Gasteiger partial charge in [0.2, 0.25) is 0 Å². The quantitative estimate of drug-likeness (QED) is 0.212. The highest BCUT2D eigenvalue weighted by Crippen LogP contribution is 2.52. The first-order valence-corrected chi connectivity index (χ1v) is 15.2. The minimum atomic E-state index is -0.167. The highest BCUT2D eigenvalue weighted by atomic mass is 16.3. The van der Waals surface area contributed by atoms with Gasteiger partial charge in [0, 0.05) is 27.6 Å². The zero-order valence-corrected chi connectivity index (χ0v) is 24.7. The van der Waals surface area contributed by atoms with E-state index in [0.29, 0.717) is 0 Å². The average Bonchev–Trinajstić information content (AvgIpc) is 3.60. The number of rotatable bonds is 3. The SMILES string of the molecule is CC1(C)c2ccccc2N(c2ccccc2)c2ccc(-c3ccc4c(c3)c3oc5ccccc5c3n4-c3ccccc3)cc21. The Kier molecular flexibility index (Phi) is 5.24. The highest BCUT2D eigenvalue weighted by Gasteiger charge is 2.37. The van der Waals surface area contributed by atoms with Crippen LogP contribution < -0.4 is 4.90 Å². The minimum Gasteiger partial charge on any atom is -0.454 e. The summed E-state index contributed by atoms with van der Waals surface area (Å²) < 4.78 is 8.90. The number of fused-ring (bicyclic) bond motifs is 7. The van der Waals surface area contributed by atoms with Crippen molar-refractivity contribution in [2.24, 2.45) is 0 Å². The molecule has 1 aliphatic rings. The summed E-state index contributed by atoms with van der Waals surface area (Å²) in [6.07, 6.45) is 0. The largest absolute Gasteiger partial charge is 0.454 e. The number of hydrogen-bond acceptors (Lipinski definition) is 2. The van der Waals surface area contributed by atoms with Gasteiger partial charge in [-0.15, -0.1) is 0 Å². The third-order valence-electron chi connectivity index (χ3n) is 9.37. The zero-order valence-electron chi connectivity index (χ0n) is 24.7. The van der Waals surface area contributed by atoms with E-state index >= 15 is 0 Å². The molecule has 8 aromatic rings. The van der Waals surface area contributed by atoms with E-state index in [9.17, 15) is 0 Å². The van der Waals surface area contributed by atoms with Gasteiger partial charge >= 0.3 is 0 Å². The molecule has 0 saturated heterocycles. The first kappa shape index (κ1) is 25.0. The van der Waals surface area contributed by atoms with Crippen molar-refractivity contribution in [3.63, 3.8) is 0 Å². The molecule has 6 aromatic carbocycles. The lowest BCUT2D eigenvalue weighted by molar-refractivity contribution is 0.632. The molecule has 0 unspecified atom stereocenters. The monoisotopic (exact) mass is 566 g/mol. The van der Waals surface area contributed by atoms with E-state index in [0.717, 1.165) is 38.7 Å². The number of hydrogen-bond donors (Lipinski definition) is 0. The predicted octanol–water partition coefficient (Wildman–Crippen LogP) is 11.3. The summed E-state index contributed by atoms with van der Waals surface area (Å²) in [5.74, 6) is 0. The van der Waals surface area contributed by atoms with Gasteiger partial charge in [-0.1, -0.05) is 92.7 Å². The highest BCUT2D eigenvalue weighted by molar-refractivity contribution is 6.17. The number of aromatic nitrogens is 1. The number of nitrogens with zero attached hydrogens (tertiary/aromatic N) is 2. The maximum atomic E-state index is 6.56. The van der Waals surface area contributed by atoms with Crippen LogP contribution >= 0.6 is 0 Å². The Hall–Kier alpha value is -5.54. The van der Waals surface area contributed by atoms with Crippen LogP contribution in [0.5, 0.6) is 0 Å². The molecule has 0 radical (unpaired) electrons. The van der Waals surface area contributed by atoms with Gasteiger partial charge in [0.25, 0.3) is 0 Å². The van der Waals surface area contributed by atoms with E-state index in [1.807, 2.05) is 6.07 Å². The van der Waals surface area contributed by atoms with Crippen molar-refractivity contribution in [1.29, 1.82) is 0 Å². The molecule has 0 spiro atoms. The van der Waals surface area contributed by atoms with Crippen LogP contribution in [0.25, 0.3) is 49.8 Å². The van der Waals surface area contributed by atoms with Gasteiger partial charge in [-0.2, -0.15) is 0 Å². The van der Waals surface area contributed by atoms with Crippen LogP contribution in [0.3, 0.4) is 0 Å². The summed E-state index contributed by atoms with van der Waals surface area (Å²) >= 11 is 0. The molecule has 9 rings (SSSR count). The van der Waals surface area contributed by atoms with Gasteiger partial charge in [-0.3, -0.25) is 0 Å². The van der Waals surface area contributed by atoms with E-state index in [2.05, 4.69) is 163 Å². The number of anilines is 3. The van der Waals surface area contributed by atoms with Crippen molar-refractivity contribution in [2.45, 2.75) is 19.3 Å². The molecule has 0 N–H and O–H groups in total. The number of furan rings is 1. The summed E-state index contributed by atoms with van der Waals surface area (Å²) in [6.45, 7) is 4.69. The average molecular weight is 567 g/mol. The standard InChI is InChI=1S/C41H30N2O/c1-41(2)33-18-10-11-19-36(33)42(29-13-5-3-6-14-29)37-24-22-28(26-34(37)41)27-21-23-35-32(25-27)40-39(31-17-9-12-20-38(31)44-40)43(35)30-15-7-4-8-16-30/h3-26H,1-2H3. The molecule has 3 heteroatoms. The molecule has 3 nitrogen and oxygen atoms in total. The minimum absolute atomic E-state index is 0.167. The lowest BCUT2D eigenvalue weighted by Crippen LogP contribution is -2.30. The Bertz CT molecular complexity index is 2360. The smallest absolute Gasteiger partial charge is 0.161 e. The molecule has 0 fully saturated rings. The van der Waals surface area contributed by atoms with Crippen molar-refractivity contribution >= 4 is 50.0 Å². The lowest BCUT2D eigenvalue weighted by atomic mass is 9.73. The summed E-state index contributed by atoms with van der Waals surface area (Å²) in [4.78, 5) is 2.40. The van der Waals surface area contributed by atoms with Gasteiger partial charge < -0.3 is 13.9 Å². The van der Waals surface area contributed by atoms with Gasteiger partial charge in [-0.25, -0.2) is 0 Å². The molecule has 1 aliphatic heterocycles. The number of para-hydroxylation sites is 4. The Balaban J connectivity index is 1.27. The molecule has 210 valence electrons. The fourth-order valence-electron chi connectivity index (χ4n) is 7.23. The van der Waals surface area contributed by atoms with Crippen LogP contribution in [0.2, 0.25) is 0 Å². The Labute approximate surface area is 256 Å². The van der Waals surface area contributed by atoms with Crippen molar-refractivity contribution in [2.75, 3.05) is 4.90 Å². The Morgan fingerprint density at radius 3 is 1.98 bits per heavy atom. The van der Waals surface area contributed by atoms with E-state index in [1.165, 1.54) is 39.3 Å². The van der Waals surface area contributed by atoms with E-state index < -0.39 is 0 Å². The molecular weight excluding hydrogens is 536 g/mol. The molecule has 0 aliphatic carbocycles. The molecule has 0 saturated carbocycles.